The predicted molar refractivity (Wildman–Crippen MR) is 66.4 cm³/mol. The van der Waals surface area contributed by atoms with E-state index in [1.807, 2.05) is 24.3 Å². The highest BCUT2D eigenvalue weighted by atomic mass is 35.5. The third-order valence-electron chi connectivity index (χ3n) is 2.28. The van der Waals surface area contributed by atoms with E-state index < -0.39 is 0 Å². The fourth-order valence-corrected chi connectivity index (χ4v) is 1.70. The van der Waals surface area contributed by atoms with Crippen molar-refractivity contribution in [2.24, 2.45) is 0 Å². The molecule has 3 heterocycles. The molecule has 0 spiro atoms. The van der Waals surface area contributed by atoms with Crippen molar-refractivity contribution in [1.82, 2.24) is 20.2 Å². The minimum atomic E-state index is 0.433. The molecule has 0 saturated heterocycles. The molecule has 0 amide bonds. The first-order chi connectivity index (χ1) is 8.33. The highest BCUT2D eigenvalue weighted by Gasteiger charge is 2.06. The summed E-state index contributed by atoms with van der Waals surface area (Å²) in [6.07, 6.45) is 1.72. The molecule has 0 bridgehead atoms. The fraction of sp³-hybridized carbons (Fsp3) is 0. The van der Waals surface area contributed by atoms with Gasteiger partial charge in [-0.3, -0.25) is 10.1 Å². The van der Waals surface area contributed by atoms with Crippen LogP contribution in [0.3, 0.4) is 0 Å². The van der Waals surface area contributed by atoms with Crippen molar-refractivity contribution < 1.29 is 0 Å². The van der Waals surface area contributed by atoms with Gasteiger partial charge in [0.05, 0.1) is 5.52 Å². The molecule has 0 aliphatic heterocycles. The van der Waals surface area contributed by atoms with E-state index in [1.54, 1.807) is 12.3 Å². The van der Waals surface area contributed by atoms with Gasteiger partial charge < -0.3 is 5.32 Å². The molecule has 0 fully saturated rings. The second-order valence-electron chi connectivity index (χ2n) is 3.44. The minimum Gasteiger partial charge on any atom is -0.322 e. The van der Waals surface area contributed by atoms with E-state index in [0.29, 0.717) is 16.8 Å². The summed E-state index contributed by atoms with van der Waals surface area (Å²) in [6, 6.07) is 9.11. The van der Waals surface area contributed by atoms with Crippen molar-refractivity contribution in [2.75, 3.05) is 5.32 Å². The fourth-order valence-electron chi connectivity index (χ4n) is 1.54. The van der Waals surface area contributed by atoms with E-state index in [2.05, 4.69) is 25.5 Å². The van der Waals surface area contributed by atoms with Gasteiger partial charge in [-0.2, -0.15) is 5.10 Å². The molecule has 0 radical (unpaired) electrons. The molecule has 0 aromatic carbocycles. The Morgan fingerprint density at radius 2 is 2.12 bits per heavy atom. The Morgan fingerprint density at radius 1 is 1.18 bits per heavy atom. The number of nitrogens with one attached hydrogen (secondary N) is 2. The Balaban J connectivity index is 2.00. The second-order valence-corrected chi connectivity index (χ2v) is 3.83. The normalized spacial score (nSPS) is 10.6. The first-order valence-corrected chi connectivity index (χ1v) is 5.39. The van der Waals surface area contributed by atoms with E-state index in [0.717, 1.165) is 11.0 Å². The van der Waals surface area contributed by atoms with E-state index in [1.165, 1.54) is 0 Å². The summed E-state index contributed by atoms with van der Waals surface area (Å²) in [5.41, 5.74) is 1.64. The van der Waals surface area contributed by atoms with E-state index in [9.17, 15) is 0 Å². The molecule has 0 aliphatic carbocycles. The van der Waals surface area contributed by atoms with Crippen molar-refractivity contribution in [3.63, 3.8) is 0 Å². The monoisotopic (exact) mass is 245 g/mol. The summed E-state index contributed by atoms with van der Waals surface area (Å²) in [5, 5.41) is 10.5. The molecule has 3 aromatic heterocycles. The molecule has 84 valence electrons. The highest BCUT2D eigenvalue weighted by molar-refractivity contribution is 6.29. The van der Waals surface area contributed by atoms with Crippen LogP contribution in [0.15, 0.2) is 36.5 Å². The summed E-state index contributed by atoms with van der Waals surface area (Å²) in [7, 11) is 0. The maximum Gasteiger partial charge on any atom is 0.179 e. The number of H-pyrrole nitrogens is 1. The zero-order valence-electron chi connectivity index (χ0n) is 8.68. The van der Waals surface area contributed by atoms with E-state index in [4.69, 9.17) is 11.6 Å². The number of pyridine rings is 2. The lowest BCUT2D eigenvalue weighted by atomic mass is 10.4. The van der Waals surface area contributed by atoms with Gasteiger partial charge in [-0.05, 0) is 24.3 Å². The SMILES string of the molecule is Clc1cccc(Nc2n[nH]c3cccnc23)n1. The van der Waals surface area contributed by atoms with Crippen LogP contribution >= 0.6 is 11.6 Å². The van der Waals surface area contributed by atoms with Gasteiger partial charge in [0, 0.05) is 6.20 Å². The molecule has 5 nitrogen and oxygen atoms in total. The summed E-state index contributed by atoms with van der Waals surface area (Å²) in [6.45, 7) is 0. The summed E-state index contributed by atoms with van der Waals surface area (Å²) in [5.74, 6) is 1.27. The zero-order valence-corrected chi connectivity index (χ0v) is 9.44. The van der Waals surface area contributed by atoms with Gasteiger partial charge in [0.1, 0.15) is 16.5 Å². The van der Waals surface area contributed by atoms with Gasteiger partial charge in [-0.1, -0.05) is 17.7 Å². The lowest BCUT2D eigenvalue weighted by Crippen LogP contribution is -1.94. The molecule has 3 aromatic rings. The molecule has 0 unspecified atom stereocenters. The van der Waals surface area contributed by atoms with Crippen LogP contribution in [-0.4, -0.2) is 20.2 Å². The summed E-state index contributed by atoms with van der Waals surface area (Å²) >= 11 is 5.81. The maximum atomic E-state index is 5.81. The van der Waals surface area contributed by atoms with Crippen molar-refractivity contribution in [3.05, 3.63) is 41.7 Å². The molecule has 6 heteroatoms. The third kappa shape index (κ3) is 1.92. The van der Waals surface area contributed by atoms with Crippen LogP contribution < -0.4 is 5.32 Å². The van der Waals surface area contributed by atoms with E-state index in [-0.39, 0.29) is 0 Å². The van der Waals surface area contributed by atoms with Crippen molar-refractivity contribution >= 4 is 34.3 Å². The number of rotatable bonds is 2. The molecule has 0 saturated carbocycles. The standard InChI is InChI=1S/C11H8ClN5/c12-8-4-1-5-9(14-8)15-11-10-7(16-17-11)3-2-6-13-10/h1-6H,(H2,14,15,16,17). The Hall–Kier alpha value is -2.14. The topological polar surface area (TPSA) is 66.5 Å². The van der Waals surface area contributed by atoms with Crippen molar-refractivity contribution in [3.8, 4) is 0 Å². The first-order valence-electron chi connectivity index (χ1n) is 5.01. The third-order valence-corrected chi connectivity index (χ3v) is 2.49. The van der Waals surface area contributed by atoms with Gasteiger partial charge >= 0.3 is 0 Å². The number of aromatic nitrogens is 4. The summed E-state index contributed by atoms with van der Waals surface area (Å²) in [4.78, 5) is 8.37. The predicted octanol–water partition coefficient (Wildman–Crippen LogP) is 2.75. The number of hydrogen-bond acceptors (Lipinski definition) is 4. The lowest BCUT2D eigenvalue weighted by molar-refractivity contribution is 1.11. The Morgan fingerprint density at radius 3 is 3.00 bits per heavy atom. The zero-order chi connectivity index (χ0) is 11.7. The van der Waals surface area contributed by atoms with Crippen LogP contribution in [0.1, 0.15) is 0 Å². The van der Waals surface area contributed by atoms with E-state index >= 15 is 0 Å². The number of halogens is 1. The van der Waals surface area contributed by atoms with Gasteiger partial charge in [-0.25, -0.2) is 4.98 Å². The largest absolute Gasteiger partial charge is 0.322 e. The van der Waals surface area contributed by atoms with Crippen LogP contribution in [0.2, 0.25) is 5.15 Å². The van der Waals surface area contributed by atoms with Gasteiger partial charge in [0.15, 0.2) is 5.82 Å². The average Bonchev–Trinajstić information content (AvgIpc) is 2.73. The molecule has 2 N–H and O–H groups in total. The Labute approximate surface area is 102 Å². The molecule has 17 heavy (non-hydrogen) atoms. The quantitative estimate of drug-likeness (QED) is 0.682. The minimum absolute atomic E-state index is 0.433. The smallest absolute Gasteiger partial charge is 0.179 e. The van der Waals surface area contributed by atoms with Gasteiger partial charge in [-0.15, -0.1) is 0 Å². The number of anilines is 2. The highest BCUT2D eigenvalue weighted by Crippen LogP contribution is 2.21. The lowest BCUT2D eigenvalue weighted by Gasteiger charge is -2.01. The van der Waals surface area contributed by atoms with Gasteiger partial charge in [0.25, 0.3) is 0 Å². The number of nitrogens with zero attached hydrogens (tertiary/aromatic N) is 3. The number of hydrogen-bond donors (Lipinski definition) is 2. The Kier molecular flexibility index (Phi) is 2.38. The Bertz CT molecular complexity index is 664. The molecule has 0 aliphatic rings. The van der Waals surface area contributed by atoms with Crippen LogP contribution in [-0.2, 0) is 0 Å². The van der Waals surface area contributed by atoms with Crippen LogP contribution in [0, 0.1) is 0 Å². The molecule has 3 rings (SSSR count). The van der Waals surface area contributed by atoms with Crippen LogP contribution in [0.25, 0.3) is 11.0 Å². The second kappa shape index (κ2) is 4.03. The maximum absolute atomic E-state index is 5.81. The first kappa shape index (κ1) is 10.0. The molecular weight excluding hydrogens is 238 g/mol. The summed E-state index contributed by atoms with van der Waals surface area (Å²) < 4.78 is 0. The number of fused-ring (bicyclic) bond motifs is 1. The van der Waals surface area contributed by atoms with Crippen LogP contribution in [0.4, 0.5) is 11.6 Å². The van der Waals surface area contributed by atoms with Crippen LogP contribution in [0.5, 0.6) is 0 Å². The number of aromatic amines is 1. The molecular formula is C11H8ClN5. The van der Waals surface area contributed by atoms with Crippen molar-refractivity contribution in [1.29, 1.82) is 0 Å². The van der Waals surface area contributed by atoms with Crippen molar-refractivity contribution in [2.45, 2.75) is 0 Å². The molecule has 0 atom stereocenters. The average molecular weight is 246 g/mol. The van der Waals surface area contributed by atoms with Gasteiger partial charge in [0.2, 0.25) is 0 Å².